The predicted molar refractivity (Wildman–Crippen MR) is 151 cm³/mol. The molecule has 1 fully saturated rings. The van der Waals surface area contributed by atoms with E-state index >= 15 is 8.78 Å². The van der Waals surface area contributed by atoms with Gasteiger partial charge in [0.25, 0.3) is 0 Å². The van der Waals surface area contributed by atoms with E-state index in [1.807, 2.05) is 13.0 Å². The highest BCUT2D eigenvalue weighted by Crippen LogP contribution is 2.41. The number of aromatic nitrogens is 4. The fraction of sp³-hybridized carbons (Fsp3) is 0.393. The van der Waals surface area contributed by atoms with Crippen molar-refractivity contribution in [2.75, 3.05) is 31.9 Å². The highest BCUT2D eigenvalue weighted by Gasteiger charge is 2.40. The van der Waals surface area contributed by atoms with Gasteiger partial charge in [-0.05, 0) is 48.4 Å². The molecular weight excluding hydrogens is 554 g/mol. The molecule has 5 rings (SSSR count). The highest BCUT2D eigenvalue weighted by molar-refractivity contribution is 7.91. The molecular formula is C28H32F2N6O4S. The third kappa shape index (κ3) is 6.02. The second-order valence-corrected chi connectivity index (χ2v) is 12.6. The van der Waals surface area contributed by atoms with Crippen LogP contribution in [-0.4, -0.2) is 65.9 Å². The maximum Gasteiger partial charge on any atom is 0.229 e. The molecule has 4 unspecified atom stereocenters. The molecule has 41 heavy (non-hydrogen) atoms. The number of imidazole rings is 1. The lowest BCUT2D eigenvalue weighted by Crippen LogP contribution is -2.48. The van der Waals surface area contributed by atoms with Gasteiger partial charge in [0.05, 0.1) is 46.7 Å². The van der Waals surface area contributed by atoms with Gasteiger partial charge >= 0.3 is 0 Å². The van der Waals surface area contributed by atoms with Crippen LogP contribution in [0, 0.1) is 17.6 Å². The molecule has 10 nitrogen and oxygen atoms in total. The number of fused-ring (bicyclic) bond motifs is 1. The Balaban J connectivity index is 1.44. The Morgan fingerprint density at radius 2 is 1.88 bits per heavy atom. The van der Waals surface area contributed by atoms with Crippen LogP contribution in [0.15, 0.2) is 48.9 Å². The van der Waals surface area contributed by atoms with Crippen LogP contribution in [-0.2, 0) is 14.6 Å². The number of halogens is 2. The quantitative estimate of drug-likeness (QED) is 0.278. The third-order valence-electron chi connectivity index (χ3n) is 7.44. The van der Waals surface area contributed by atoms with Crippen LogP contribution >= 0.6 is 0 Å². The van der Waals surface area contributed by atoms with Crippen LogP contribution in [0.4, 0.5) is 20.4 Å². The van der Waals surface area contributed by atoms with Crippen LogP contribution in [0.2, 0.25) is 0 Å². The van der Waals surface area contributed by atoms with Crippen LogP contribution in [0.5, 0.6) is 5.75 Å². The summed E-state index contributed by atoms with van der Waals surface area (Å²) in [6.07, 6.45) is 7.29. The number of nitrogens with two attached hydrogens (primary N) is 1. The van der Waals surface area contributed by atoms with Gasteiger partial charge < -0.3 is 20.5 Å². The minimum atomic E-state index is -3.29. The first-order valence-electron chi connectivity index (χ1n) is 13.2. The van der Waals surface area contributed by atoms with Crippen molar-refractivity contribution in [2.24, 2.45) is 11.7 Å². The molecule has 0 saturated heterocycles. The molecule has 218 valence electrons. The molecule has 0 radical (unpaired) electrons. The van der Waals surface area contributed by atoms with Crippen molar-refractivity contribution in [3.63, 3.8) is 0 Å². The number of benzene rings is 1. The predicted octanol–water partition coefficient (Wildman–Crippen LogP) is 4.09. The maximum absolute atomic E-state index is 15.0. The number of pyridine rings is 1. The zero-order valence-electron chi connectivity index (χ0n) is 22.9. The van der Waals surface area contributed by atoms with Gasteiger partial charge in [0.1, 0.15) is 24.0 Å². The Bertz CT molecular complexity index is 1630. The van der Waals surface area contributed by atoms with Gasteiger partial charge in [0, 0.05) is 37.7 Å². The van der Waals surface area contributed by atoms with Gasteiger partial charge in [0.2, 0.25) is 5.95 Å². The molecule has 3 aromatic heterocycles. The summed E-state index contributed by atoms with van der Waals surface area (Å²) in [6.45, 7) is 2.35. The molecule has 0 aliphatic heterocycles. The monoisotopic (exact) mass is 586 g/mol. The lowest BCUT2D eigenvalue weighted by atomic mass is 9.76. The number of sulfone groups is 1. The standard InChI is InChI=1S/C28H32F2N6O4S/c1-16-10-17(11-23(31)27(16)41(3,37)38)20-6-7-32-15-25(20)34-28-33-14-18-4-5-24(35-36(18)28)26-21(29)12-19(13-22(26)30)40-9-8-39-2/h4-7,12-17,23,27H,8-11,31H2,1-3H3,(H,33,34). The topological polar surface area (TPSA) is 134 Å². The number of hydrogen-bond acceptors (Lipinski definition) is 9. The van der Waals surface area contributed by atoms with Crippen molar-refractivity contribution in [2.45, 2.75) is 37.0 Å². The SMILES string of the molecule is COCCOc1cc(F)c(-c2ccc3cnc(Nc4cnccc4C4CC(C)C(S(C)(=O)=O)C(N)C4)n3n2)c(F)c1. The lowest BCUT2D eigenvalue weighted by Gasteiger charge is -2.38. The van der Waals surface area contributed by atoms with E-state index in [4.69, 9.17) is 15.2 Å². The van der Waals surface area contributed by atoms with Gasteiger partial charge in [-0.25, -0.2) is 22.2 Å². The highest BCUT2D eigenvalue weighted by atomic mass is 32.2. The Morgan fingerprint density at radius 3 is 2.56 bits per heavy atom. The summed E-state index contributed by atoms with van der Waals surface area (Å²) in [7, 11) is -1.78. The van der Waals surface area contributed by atoms with E-state index < -0.39 is 32.8 Å². The van der Waals surface area contributed by atoms with Gasteiger partial charge in [-0.1, -0.05) is 6.92 Å². The molecule has 4 aromatic rings. The van der Waals surface area contributed by atoms with Crippen molar-refractivity contribution in [3.05, 3.63) is 66.1 Å². The summed E-state index contributed by atoms with van der Waals surface area (Å²) in [6, 6.07) is 6.78. The van der Waals surface area contributed by atoms with E-state index in [-0.39, 0.29) is 42.1 Å². The molecule has 1 saturated carbocycles. The number of methoxy groups -OCH3 is 1. The summed E-state index contributed by atoms with van der Waals surface area (Å²) in [5.74, 6) is -1.40. The van der Waals surface area contributed by atoms with Gasteiger partial charge in [0.15, 0.2) is 9.84 Å². The van der Waals surface area contributed by atoms with Crippen LogP contribution in [0.25, 0.3) is 16.8 Å². The summed E-state index contributed by atoms with van der Waals surface area (Å²) >= 11 is 0. The number of nitrogens with zero attached hydrogens (tertiary/aromatic N) is 4. The number of ether oxygens (including phenoxy) is 2. The van der Waals surface area contributed by atoms with Crippen molar-refractivity contribution < 1.29 is 26.7 Å². The lowest BCUT2D eigenvalue weighted by molar-refractivity contribution is 0.146. The molecule has 1 aromatic carbocycles. The molecule has 3 heterocycles. The first-order valence-corrected chi connectivity index (χ1v) is 15.1. The van der Waals surface area contributed by atoms with E-state index in [0.29, 0.717) is 30.0 Å². The van der Waals surface area contributed by atoms with E-state index in [2.05, 4.69) is 20.4 Å². The zero-order valence-corrected chi connectivity index (χ0v) is 23.7. The number of nitrogens with one attached hydrogen (secondary N) is 1. The van der Waals surface area contributed by atoms with Crippen LogP contribution < -0.4 is 15.8 Å². The molecule has 1 aliphatic carbocycles. The van der Waals surface area contributed by atoms with Gasteiger partial charge in [-0.3, -0.25) is 4.98 Å². The fourth-order valence-electron chi connectivity index (χ4n) is 5.77. The van der Waals surface area contributed by atoms with E-state index in [1.165, 1.54) is 23.9 Å². The van der Waals surface area contributed by atoms with Crippen molar-refractivity contribution in [1.29, 1.82) is 0 Å². The maximum atomic E-state index is 15.0. The smallest absolute Gasteiger partial charge is 0.229 e. The number of hydrogen-bond donors (Lipinski definition) is 2. The average molecular weight is 587 g/mol. The Kier molecular flexibility index (Phi) is 8.20. The Hall–Kier alpha value is -3.68. The van der Waals surface area contributed by atoms with E-state index in [9.17, 15) is 8.42 Å². The molecule has 3 N–H and O–H groups in total. The molecule has 0 spiro atoms. The van der Waals surface area contributed by atoms with Crippen molar-refractivity contribution in [1.82, 2.24) is 19.6 Å². The van der Waals surface area contributed by atoms with Gasteiger partial charge in [-0.2, -0.15) is 9.61 Å². The summed E-state index contributed by atoms with van der Waals surface area (Å²) in [5, 5.41) is 7.14. The minimum absolute atomic E-state index is 0.00828. The largest absolute Gasteiger partial charge is 0.491 e. The summed E-state index contributed by atoms with van der Waals surface area (Å²) < 4.78 is 66.4. The molecule has 13 heteroatoms. The van der Waals surface area contributed by atoms with Crippen LogP contribution in [0.3, 0.4) is 0 Å². The fourth-order valence-corrected chi connectivity index (χ4v) is 7.47. The molecule has 4 atom stereocenters. The second-order valence-electron chi connectivity index (χ2n) is 10.4. The Morgan fingerprint density at radius 1 is 1.12 bits per heavy atom. The number of rotatable bonds is 9. The second kappa shape index (κ2) is 11.7. The molecule has 0 amide bonds. The molecule has 1 aliphatic rings. The summed E-state index contributed by atoms with van der Waals surface area (Å²) in [4.78, 5) is 8.68. The average Bonchev–Trinajstić information content (AvgIpc) is 3.29. The zero-order chi connectivity index (χ0) is 29.3. The minimum Gasteiger partial charge on any atom is -0.491 e. The number of anilines is 2. The molecule has 0 bridgehead atoms. The van der Waals surface area contributed by atoms with Crippen molar-refractivity contribution in [3.8, 4) is 17.0 Å². The first-order chi connectivity index (χ1) is 19.6. The Labute approximate surface area is 236 Å². The first kappa shape index (κ1) is 28.8. The third-order valence-corrected chi connectivity index (χ3v) is 9.25. The van der Waals surface area contributed by atoms with E-state index in [1.54, 1.807) is 24.7 Å². The summed E-state index contributed by atoms with van der Waals surface area (Å²) in [5.41, 5.74) is 8.32. The van der Waals surface area contributed by atoms with Crippen LogP contribution in [0.1, 0.15) is 31.2 Å². The van der Waals surface area contributed by atoms with Crippen molar-refractivity contribution >= 4 is 27.0 Å². The van der Waals surface area contributed by atoms with E-state index in [0.717, 1.165) is 17.7 Å². The normalized spacial score (nSPS) is 21.2. The van der Waals surface area contributed by atoms with Gasteiger partial charge in [-0.15, -0.1) is 0 Å².